The second-order valence-corrected chi connectivity index (χ2v) is 8.84. The van der Waals surface area contributed by atoms with Crippen LogP contribution in [0.3, 0.4) is 0 Å². The van der Waals surface area contributed by atoms with Crippen LogP contribution in [0.25, 0.3) is 0 Å². The highest BCUT2D eigenvalue weighted by Crippen LogP contribution is 2.28. The molecule has 0 saturated carbocycles. The molecule has 2 aromatic carbocycles. The molecule has 6 heteroatoms. The maximum absolute atomic E-state index is 12.5. The Morgan fingerprint density at radius 2 is 1.72 bits per heavy atom. The van der Waals surface area contributed by atoms with E-state index in [1.807, 2.05) is 36.4 Å². The lowest BCUT2D eigenvalue weighted by Gasteiger charge is -2.44. The van der Waals surface area contributed by atoms with E-state index in [0.29, 0.717) is 32.7 Å². The molecule has 0 bridgehead atoms. The molecule has 32 heavy (non-hydrogen) atoms. The largest absolute Gasteiger partial charge is 0.389 e. The number of amides is 1. The molecule has 6 nitrogen and oxygen atoms in total. The van der Waals surface area contributed by atoms with E-state index in [4.69, 9.17) is 9.47 Å². The number of benzene rings is 2. The highest BCUT2D eigenvalue weighted by molar-refractivity contribution is 5.76. The smallest absolute Gasteiger partial charge is 0.222 e. The van der Waals surface area contributed by atoms with Crippen molar-refractivity contribution in [2.45, 2.75) is 56.6 Å². The fourth-order valence-electron chi connectivity index (χ4n) is 4.72. The van der Waals surface area contributed by atoms with Gasteiger partial charge in [-0.15, -0.1) is 0 Å². The molecule has 0 unspecified atom stereocenters. The van der Waals surface area contributed by atoms with E-state index in [1.54, 1.807) is 0 Å². The summed E-state index contributed by atoms with van der Waals surface area (Å²) < 4.78 is 12.1. The number of nitrogens with zero attached hydrogens (tertiary/aromatic N) is 1. The average molecular weight is 439 g/mol. The predicted molar refractivity (Wildman–Crippen MR) is 123 cm³/mol. The van der Waals surface area contributed by atoms with Gasteiger partial charge in [0.2, 0.25) is 5.91 Å². The topological polar surface area (TPSA) is 71.0 Å². The minimum absolute atomic E-state index is 0.0349. The molecule has 2 aliphatic rings. The Bertz CT molecular complexity index is 832. The minimum atomic E-state index is -0.507. The van der Waals surface area contributed by atoms with Crippen LogP contribution >= 0.6 is 0 Å². The summed E-state index contributed by atoms with van der Waals surface area (Å²) >= 11 is 0. The number of aliphatic hydroxyl groups is 1. The molecule has 2 N–H and O–H groups in total. The molecule has 0 spiro atoms. The molecule has 2 aliphatic heterocycles. The number of carbonyl (C=O) groups is 1. The molecule has 2 aromatic rings. The fourth-order valence-corrected chi connectivity index (χ4v) is 4.72. The predicted octanol–water partition coefficient (Wildman–Crippen LogP) is 2.54. The van der Waals surface area contributed by atoms with Gasteiger partial charge in [-0.1, -0.05) is 60.7 Å². The van der Waals surface area contributed by atoms with Crippen LogP contribution in [0, 0.1) is 0 Å². The molecule has 0 aliphatic carbocycles. The van der Waals surface area contributed by atoms with Gasteiger partial charge < -0.3 is 19.9 Å². The van der Waals surface area contributed by atoms with Crippen LogP contribution < -0.4 is 5.32 Å². The van der Waals surface area contributed by atoms with Gasteiger partial charge in [-0.05, 0) is 30.4 Å². The highest BCUT2D eigenvalue weighted by atomic mass is 16.5. The minimum Gasteiger partial charge on any atom is -0.389 e. The van der Waals surface area contributed by atoms with Crippen LogP contribution in [0.5, 0.6) is 0 Å². The first-order valence-corrected chi connectivity index (χ1v) is 11.7. The van der Waals surface area contributed by atoms with Crippen molar-refractivity contribution in [2.24, 2.45) is 0 Å². The summed E-state index contributed by atoms with van der Waals surface area (Å²) in [5.41, 5.74) is 2.44. The zero-order chi connectivity index (χ0) is 22.2. The molecule has 2 saturated heterocycles. The maximum atomic E-state index is 12.5. The second kappa shape index (κ2) is 11.6. The number of fused-ring (bicyclic) bond motifs is 1. The number of ether oxygens (including phenoxy) is 2. The number of carbonyl (C=O) groups excluding carboxylic acids is 1. The van der Waals surface area contributed by atoms with Crippen LogP contribution in [0.15, 0.2) is 60.7 Å². The van der Waals surface area contributed by atoms with Gasteiger partial charge in [-0.3, -0.25) is 9.69 Å². The van der Waals surface area contributed by atoms with Gasteiger partial charge in [-0.25, -0.2) is 0 Å². The Labute approximate surface area is 190 Å². The van der Waals surface area contributed by atoms with Crippen molar-refractivity contribution < 1.29 is 19.4 Å². The number of β-amino-alcohol motifs (C(OH)–C–C–N with tert-alkyl or cyclic N) is 1. The molecule has 1 amide bonds. The lowest BCUT2D eigenvalue weighted by atomic mass is 9.94. The number of hydrogen-bond donors (Lipinski definition) is 2. The van der Waals surface area contributed by atoms with Gasteiger partial charge in [0, 0.05) is 25.7 Å². The van der Waals surface area contributed by atoms with E-state index >= 15 is 0 Å². The van der Waals surface area contributed by atoms with Gasteiger partial charge in [0.15, 0.2) is 0 Å². The van der Waals surface area contributed by atoms with Crippen LogP contribution in [0.1, 0.15) is 30.4 Å². The number of hydrogen-bond acceptors (Lipinski definition) is 5. The zero-order valence-electron chi connectivity index (χ0n) is 18.6. The van der Waals surface area contributed by atoms with Crippen molar-refractivity contribution in [1.82, 2.24) is 10.2 Å². The number of aliphatic hydroxyl groups excluding tert-OH is 1. The van der Waals surface area contributed by atoms with E-state index in [2.05, 4.69) is 34.5 Å². The molecular weight excluding hydrogens is 404 g/mol. The molecule has 0 radical (unpaired) electrons. The third kappa shape index (κ3) is 6.62. The Morgan fingerprint density at radius 3 is 2.47 bits per heavy atom. The Kier molecular flexibility index (Phi) is 8.29. The Hall–Kier alpha value is -2.25. The van der Waals surface area contributed by atoms with Gasteiger partial charge in [-0.2, -0.15) is 0 Å². The van der Waals surface area contributed by atoms with Crippen LogP contribution in [-0.2, 0) is 27.2 Å². The lowest BCUT2D eigenvalue weighted by Crippen LogP contribution is -2.55. The quantitative estimate of drug-likeness (QED) is 0.695. The van der Waals surface area contributed by atoms with Crippen LogP contribution in [-0.4, -0.2) is 66.6 Å². The Balaban J connectivity index is 1.30. The zero-order valence-corrected chi connectivity index (χ0v) is 18.6. The fraction of sp³-hybridized carbons (Fsp3) is 0.500. The Morgan fingerprint density at radius 1 is 1.00 bits per heavy atom. The number of nitrogens with one attached hydrogen (secondary N) is 1. The van der Waals surface area contributed by atoms with Gasteiger partial charge in [0.05, 0.1) is 37.9 Å². The summed E-state index contributed by atoms with van der Waals surface area (Å²) in [5.74, 6) is 0.0349. The van der Waals surface area contributed by atoms with Crippen molar-refractivity contribution in [2.75, 3.05) is 26.3 Å². The van der Waals surface area contributed by atoms with Crippen molar-refractivity contribution in [3.63, 3.8) is 0 Å². The maximum Gasteiger partial charge on any atom is 0.222 e. The second-order valence-electron chi connectivity index (χ2n) is 8.84. The lowest BCUT2D eigenvalue weighted by molar-refractivity contribution is -0.158. The third-order valence-electron chi connectivity index (χ3n) is 6.31. The first kappa shape index (κ1) is 22.9. The highest BCUT2D eigenvalue weighted by Gasteiger charge is 2.37. The van der Waals surface area contributed by atoms with Crippen molar-refractivity contribution in [3.8, 4) is 0 Å². The van der Waals surface area contributed by atoms with E-state index in [9.17, 15) is 9.90 Å². The first-order valence-electron chi connectivity index (χ1n) is 11.7. The molecular formula is C26H34N2O4. The van der Waals surface area contributed by atoms with Crippen molar-refractivity contribution in [3.05, 3.63) is 71.8 Å². The molecule has 2 fully saturated rings. The summed E-state index contributed by atoms with van der Waals surface area (Å²) in [5, 5.41) is 13.4. The van der Waals surface area contributed by atoms with E-state index in [0.717, 1.165) is 25.8 Å². The van der Waals surface area contributed by atoms with Gasteiger partial charge >= 0.3 is 0 Å². The van der Waals surface area contributed by atoms with Crippen molar-refractivity contribution in [1.29, 1.82) is 0 Å². The summed E-state index contributed by atoms with van der Waals surface area (Å²) in [6.45, 7) is 2.71. The summed E-state index contributed by atoms with van der Waals surface area (Å²) in [6, 6.07) is 20.7. The standard InChI is InChI=1S/C26H34N2O4/c29-22-17-28(16-21-9-5-2-6-10-21)24-12-11-23(32-25(24)19-31-18-22)15-26(30)27-14-13-20-7-3-1-4-8-20/h1-10,22-25,29H,11-19H2,(H,27,30)/t22-,23+,24+,25-/m1/s1. The molecule has 0 aromatic heterocycles. The molecule has 2 heterocycles. The summed E-state index contributed by atoms with van der Waals surface area (Å²) in [4.78, 5) is 14.8. The van der Waals surface area contributed by atoms with Crippen LogP contribution in [0.2, 0.25) is 0 Å². The number of rotatable bonds is 7. The van der Waals surface area contributed by atoms with Crippen molar-refractivity contribution >= 4 is 5.91 Å². The van der Waals surface area contributed by atoms with E-state index in [-0.39, 0.29) is 24.2 Å². The van der Waals surface area contributed by atoms with E-state index in [1.165, 1.54) is 11.1 Å². The normalized spacial score (nSPS) is 26.5. The van der Waals surface area contributed by atoms with E-state index < -0.39 is 6.10 Å². The van der Waals surface area contributed by atoms with Gasteiger partial charge in [0.1, 0.15) is 0 Å². The molecule has 172 valence electrons. The summed E-state index contributed by atoms with van der Waals surface area (Å²) in [6.07, 6.45) is 2.26. The molecule has 4 atom stereocenters. The summed E-state index contributed by atoms with van der Waals surface area (Å²) in [7, 11) is 0. The van der Waals surface area contributed by atoms with Crippen LogP contribution in [0.4, 0.5) is 0 Å². The molecule has 4 rings (SSSR count). The third-order valence-corrected chi connectivity index (χ3v) is 6.31. The SMILES string of the molecule is O=C(C[C@@H]1CC[C@H]2[C@@H](COC[C@H](O)CN2Cc2ccccc2)O1)NCCc1ccccc1. The first-order chi connectivity index (χ1) is 15.7. The average Bonchev–Trinajstić information content (AvgIpc) is 2.79. The monoisotopic (exact) mass is 438 g/mol. The van der Waals surface area contributed by atoms with Gasteiger partial charge in [0.25, 0.3) is 0 Å².